The maximum atomic E-state index is 12.1. The molecule has 2 heterocycles. The molecule has 0 fully saturated rings. The summed E-state index contributed by atoms with van der Waals surface area (Å²) >= 11 is 2.94. The Morgan fingerprint density at radius 1 is 1.29 bits per heavy atom. The van der Waals surface area contributed by atoms with Crippen LogP contribution in [-0.2, 0) is 32.0 Å². The topological polar surface area (TPSA) is 84.8 Å². The number of aliphatic imine (C=N–C) groups is 1. The molecule has 0 spiro atoms. The first kappa shape index (κ1) is 17.2. The lowest BCUT2D eigenvalue weighted by Crippen LogP contribution is -2.18. The van der Waals surface area contributed by atoms with Crippen LogP contribution < -0.4 is 5.32 Å². The summed E-state index contributed by atoms with van der Waals surface area (Å²) < 4.78 is 4.81. The number of thiophene rings is 1. The molecule has 8 heteroatoms. The van der Waals surface area contributed by atoms with Gasteiger partial charge in [-0.25, -0.2) is 4.99 Å². The van der Waals surface area contributed by atoms with Crippen molar-refractivity contribution in [2.24, 2.45) is 4.99 Å². The Bertz CT molecular complexity index is 724. The number of hydrogen-bond acceptors (Lipinski definition) is 6. The Hall–Kier alpha value is -1.67. The Balaban J connectivity index is 1.86. The largest absolute Gasteiger partial charge is 0.466 e. The SMILES string of the molecule is CCOC(=O)CC(=O)Nc1sc2c(c1C1=NC(=O)CS1)CCCC2. The molecule has 1 aliphatic carbocycles. The van der Waals surface area contributed by atoms with E-state index in [9.17, 15) is 14.4 Å². The number of carbonyl (C=O) groups is 3. The van der Waals surface area contributed by atoms with Gasteiger partial charge < -0.3 is 10.1 Å². The summed E-state index contributed by atoms with van der Waals surface area (Å²) in [6.45, 7) is 1.95. The van der Waals surface area contributed by atoms with Crippen LogP contribution in [-0.4, -0.2) is 35.2 Å². The van der Waals surface area contributed by atoms with Gasteiger partial charge in [0.1, 0.15) is 16.5 Å². The Morgan fingerprint density at radius 2 is 2.08 bits per heavy atom. The highest BCUT2D eigenvalue weighted by Crippen LogP contribution is 2.41. The summed E-state index contributed by atoms with van der Waals surface area (Å²) in [5.74, 6) is -0.741. The van der Waals surface area contributed by atoms with Crippen molar-refractivity contribution in [2.75, 3.05) is 17.7 Å². The summed E-state index contributed by atoms with van der Waals surface area (Å²) in [6, 6.07) is 0. The average molecular weight is 366 g/mol. The van der Waals surface area contributed by atoms with Crippen molar-refractivity contribution in [2.45, 2.75) is 39.0 Å². The predicted octanol–water partition coefficient (Wildman–Crippen LogP) is 2.54. The first-order valence-electron chi connectivity index (χ1n) is 7.93. The van der Waals surface area contributed by atoms with Crippen LogP contribution >= 0.6 is 23.1 Å². The number of nitrogens with zero attached hydrogens (tertiary/aromatic N) is 1. The fourth-order valence-corrected chi connectivity index (χ4v) is 5.06. The molecule has 1 aromatic heterocycles. The predicted molar refractivity (Wildman–Crippen MR) is 94.8 cm³/mol. The van der Waals surface area contributed by atoms with Crippen LogP contribution in [0.1, 0.15) is 42.2 Å². The van der Waals surface area contributed by atoms with Gasteiger partial charge in [0.05, 0.1) is 12.4 Å². The Morgan fingerprint density at radius 3 is 2.79 bits per heavy atom. The molecule has 0 bridgehead atoms. The highest BCUT2D eigenvalue weighted by atomic mass is 32.2. The van der Waals surface area contributed by atoms with Crippen LogP contribution in [0.5, 0.6) is 0 Å². The minimum Gasteiger partial charge on any atom is -0.466 e. The zero-order valence-corrected chi connectivity index (χ0v) is 15.0. The number of aryl methyl sites for hydroxylation is 1. The number of rotatable bonds is 5. The van der Waals surface area contributed by atoms with Crippen LogP contribution in [0.2, 0.25) is 0 Å². The lowest BCUT2D eigenvalue weighted by atomic mass is 9.96. The third-order valence-electron chi connectivity index (χ3n) is 3.81. The van der Waals surface area contributed by atoms with Gasteiger partial charge in [0.2, 0.25) is 5.91 Å². The van der Waals surface area contributed by atoms with Gasteiger partial charge in [-0.15, -0.1) is 11.3 Å². The fraction of sp³-hybridized carbons (Fsp3) is 0.500. The maximum Gasteiger partial charge on any atom is 0.315 e. The summed E-state index contributed by atoms with van der Waals surface area (Å²) in [6.07, 6.45) is 3.82. The van der Waals surface area contributed by atoms with Crippen LogP contribution in [0.4, 0.5) is 5.00 Å². The molecule has 0 aromatic carbocycles. The molecule has 2 aliphatic rings. The number of fused-ring (bicyclic) bond motifs is 1. The molecule has 128 valence electrons. The van der Waals surface area contributed by atoms with E-state index >= 15 is 0 Å². The zero-order chi connectivity index (χ0) is 17.1. The molecule has 0 saturated carbocycles. The smallest absolute Gasteiger partial charge is 0.315 e. The van der Waals surface area contributed by atoms with Gasteiger partial charge in [-0.2, -0.15) is 0 Å². The molecule has 0 atom stereocenters. The fourth-order valence-electron chi connectivity index (χ4n) is 2.83. The first-order valence-corrected chi connectivity index (χ1v) is 9.73. The van der Waals surface area contributed by atoms with Gasteiger partial charge in [-0.05, 0) is 38.2 Å². The lowest BCUT2D eigenvalue weighted by molar-refractivity contribution is -0.145. The average Bonchev–Trinajstić information content (AvgIpc) is 3.10. The molecule has 2 amide bonds. The van der Waals surface area contributed by atoms with E-state index in [0.717, 1.165) is 31.2 Å². The van der Waals surface area contributed by atoms with E-state index in [0.29, 0.717) is 15.8 Å². The van der Waals surface area contributed by atoms with Crippen LogP contribution in [0.15, 0.2) is 4.99 Å². The minimum absolute atomic E-state index is 0.144. The summed E-state index contributed by atoms with van der Waals surface area (Å²) in [5, 5.41) is 4.20. The third-order valence-corrected chi connectivity index (χ3v) is 5.97. The molecule has 0 unspecified atom stereocenters. The number of amides is 2. The maximum absolute atomic E-state index is 12.1. The molecule has 6 nitrogen and oxygen atoms in total. The van der Waals surface area contributed by atoms with E-state index in [1.807, 2.05) is 0 Å². The van der Waals surface area contributed by atoms with Crippen molar-refractivity contribution >= 4 is 50.9 Å². The number of ether oxygens (including phenoxy) is 1. The van der Waals surface area contributed by atoms with Crippen molar-refractivity contribution in [3.05, 3.63) is 16.0 Å². The van der Waals surface area contributed by atoms with Gasteiger partial charge in [0, 0.05) is 10.4 Å². The van der Waals surface area contributed by atoms with Crippen molar-refractivity contribution in [3.8, 4) is 0 Å². The Kier molecular flexibility index (Phi) is 5.35. The monoisotopic (exact) mass is 366 g/mol. The molecule has 1 N–H and O–H groups in total. The van der Waals surface area contributed by atoms with Crippen molar-refractivity contribution in [3.63, 3.8) is 0 Å². The lowest BCUT2D eigenvalue weighted by Gasteiger charge is -2.12. The second-order valence-corrected chi connectivity index (χ2v) is 7.61. The number of carbonyl (C=O) groups excluding carboxylic acids is 3. The van der Waals surface area contributed by atoms with Gasteiger partial charge in [-0.1, -0.05) is 11.8 Å². The van der Waals surface area contributed by atoms with E-state index < -0.39 is 11.9 Å². The van der Waals surface area contributed by atoms with Gasteiger partial charge in [0.15, 0.2) is 0 Å². The van der Waals surface area contributed by atoms with Crippen molar-refractivity contribution in [1.82, 2.24) is 0 Å². The third kappa shape index (κ3) is 3.70. The van der Waals surface area contributed by atoms with Crippen LogP contribution in [0, 0.1) is 0 Å². The summed E-state index contributed by atoms with van der Waals surface area (Å²) in [4.78, 5) is 40.5. The highest BCUT2D eigenvalue weighted by molar-refractivity contribution is 8.15. The summed E-state index contributed by atoms with van der Waals surface area (Å²) in [5.41, 5.74) is 2.07. The number of anilines is 1. The number of thioether (sulfide) groups is 1. The van der Waals surface area contributed by atoms with Gasteiger partial charge in [-0.3, -0.25) is 14.4 Å². The Labute approximate surface area is 148 Å². The van der Waals surface area contributed by atoms with Crippen molar-refractivity contribution in [1.29, 1.82) is 0 Å². The van der Waals surface area contributed by atoms with E-state index in [4.69, 9.17) is 4.74 Å². The van der Waals surface area contributed by atoms with E-state index in [1.54, 1.807) is 6.92 Å². The molecule has 1 aromatic rings. The molecule has 0 saturated heterocycles. The number of nitrogens with one attached hydrogen (secondary N) is 1. The normalized spacial score (nSPS) is 16.5. The van der Waals surface area contributed by atoms with E-state index in [1.165, 1.54) is 33.5 Å². The molecule has 24 heavy (non-hydrogen) atoms. The zero-order valence-electron chi connectivity index (χ0n) is 13.3. The standard InChI is InChI=1S/C16H18N2O4S2/c1-2-22-13(21)7-11(19)17-16-14(15-18-12(20)8-23-15)9-5-3-4-6-10(9)24-16/h2-8H2,1H3,(H,17,19). The molecule has 1 aliphatic heterocycles. The van der Waals surface area contributed by atoms with Crippen molar-refractivity contribution < 1.29 is 19.1 Å². The number of hydrogen-bond donors (Lipinski definition) is 1. The van der Waals surface area contributed by atoms with E-state index in [-0.39, 0.29) is 18.9 Å². The van der Waals surface area contributed by atoms with Crippen LogP contribution in [0.25, 0.3) is 0 Å². The van der Waals surface area contributed by atoms with E-state index in [2.05, 4.69) is 10.3 Å². The van der Waals surface area contributed by atoms with Gasteiger partial charge in [0.25, 0.3) is 5.91 Å². The first-order chi connectivity index (χ1) is 11.6. The second kappa shape index (κ2) is 7.48. The molecule has 3 rings (SSSR count). The second-order valence-electron chi connectivity index (χ2n) is 5.54. The van der Waals surface area contributed by atoms with Gasteiger partial charge >= 0.3 is 5.97 Å². The van der Waals surface area contributed by atoms with Crippen LogP contribution in [0.3, 0.4) is 0 Å². The minimum atomic E-state index is -0.541. The molecular weight excluding hydrogens is 348 g/mol. The quantitative estimate of drug-likeness (QED) is 0.639. The summed E-state index contributed by atoms with van der Waals surface area (Å²) in [7, 11) is 0. The molecular formula is C16H18N2O4S2. The number of esters is 1. The highest BCUT2D eigenvalue weighted by Gasteiger charge is 2.28. The molecule has 0 radical (unpaired) electrons.